The quantitative estimate of drug-likeness (QED) is 0.111. The number of hydrogen-bond donors (Lipinski definition) is 3. The monoisotopic (exact) mass is 555 g/mol. The molecule has 0 aromatic rings. The molecule has 5 atom stereocenters. The Kier molecular flexibility index (Phi) is 38.6. The van der Waals surface area contributed by atoms with E-state index in [0.717, 1.165) is 0 Å². The molecule has 0 radical (unpaired) electrons. The number of amides is 2. The zero-order valence-electron chi connectivity index (χ0n) is 21.5. The van der Waals surface area contributed by atoms with Gasteiger partial charge in [0.15, 0.2) is 0 Å². The molecule has 0 aromatic carbocycles. The first-order valence-corrected chi connectivity index (χ1v) is 10.7. The predicted octanol–water partition coefficient (Wildman–Crippen LogP) is -4.76. The number of carbonyl (C=O) groups excluding carboxylic acids is 3. The summed E-state index contributed by atoms with van der Waals surface area (Å²) in [5, 5.41) is 24.6. The molecule has 210 valence electrons. The smallest absolute Gasteiger partial charge is 0.550 e. The molecular formula is C24H49N2Na2O9+. The molecule has 37 heavy (non-hydrogen) atoms. The van der Waals surface area contributed by atoms with Gasteiger partial charge in [0.1, 0.15) is 0 Å². The van der Waals surface area contributed by atoms with E-state index >= 15 is 0 Å². The summed E-state index contributed by atoms with van der Waals surface area (Å²) < 4.78 is 16.5. The van der Waals surface area contributed by atoms with Gasteiger partial charge in [-0.05, 0) is 27.2 Å². The molecule has 0 fully saturated rings. The second-order valence-corrected chi connectivity index (χ2v) is 8.09. The maximum Gasteiger partial charge on any atom is 1.00 e. The molecule has 11 nitrogen and oxygen atoms in total. The van der Waals surface area contributed by atoms with Crippen molar-refractivity contribution in [2.45, 2.75) is 87.9 Å². The Morgan fingerprint density at radius 1 is 0.730 bits per heavy atom. The summed E-state index contributed by atoms with van der Waals surface area (Å²) in [4.78, 5) is 44.8. The molecule has 0 saturated carbocycles. The van der Waals surface area contributed by atoms with Gasteiger partial charge in [0, 0.05) is 29.9 Å². The van der Waals surface area contributed by atoms with Crippen molar-refractivity contribution in [3.63, 3.8) is 0 Å². The number of carboxylic acids is 2. The Hall–Kier alpha value is -0.240. The first-order valence-electron chi connectivity index (χ1n) is 10.7. The third-order valence-corrected chi connectivity index (χ3v) is 4.35. The zero-order chi connectivity index (χ0) is 24.7. The minimum Gasteiger partial charge on any atom is -0.550 e. The van der Waals surface area contributed by atoms with E-state index in [-0.39, 0.29) is 137 Å². The van der Waals surface area contributed by atoms with E-state index in [0.29, 0.717) is 19.8 Å². The minimum atomic E-state index is -1.27. The maximum atomic E-state index is 11.8. The molecule has 0 rings (SSSR count). The van der Waals surface area contributed by atoms with E-state index < -0.39 is 23.8 Å². The average molecular weight is 556 g/mol. The number of nitrogens with one attached hydrogen (secondary N) is 2. The summed E-state index contributed by atoms with van der Waals surface area (Å²) in [6.07, 6.45) is -0.773. The van der Waals surface area contributed by atoms with Crippen LogP contribution < -0.4 is 74.9 Å². The zero-order valence-corrected chi connectivity index (χ0v) is 25.5. The predicted molar refractivity (Wildman–Crippen MR) is 133 cm³/mol. The van der Waals surface area contributed by atoms with Crippen molar-refractivity contribution in [3.8, 4) is 0 Å². The van der Waals surface area contributed by atoms with Crippen molar-refractivity contribution in [2.75, 3.05) is 33.0 Å². The van der Waals surface area contributed by atoms with Crippen LogP contribution in [-0.2, 0) is 33.4 Å². The van der Waals surface area contributed by atoms with E-state index in [2.05, 4.69) is 10.6 Å². The van der Waals surface area contributed by atoms with Crippen LogP contribution in [0.5, 0.6) is 0 Å². The molecule has 0 spiro atoms. The SMILES string of the molecule is C.C.C.CC(COC(C)COCCOCC(C)NC(=O)C(C)CC(=O)O)NC(=O)C(C)CC(=O)[O-].[Na+].[Na+]. The van der Waals surface area contributed by atoms with Gasteiger partial charge in [-0.2, -0.15) is 0 Å². The molecule has 0 heterocycles. The fraction of sp³-hybridized carbons (Fsp3) is 0.833. The van der Waals surface area contributed by atoms with Gasteiger partial charge >= 0.3 is 65.1 Å². The number of carbonyl (C=O) groups is 4. The standard InChI is InChI=1S/C21H38N2O9.3CH4.2Na/c1-13(8-18(24)25)20(28)22-15(3)10-30-6-7-31-12-17(5)32-11-16(4)23-21(29)14(2)9-19(26)27;;;;;/h13-17H,6-12H2,1-5H3,(H,22,28)(H,23,29)(H,24,25)(H,26,27);3*1H4;;/q;;;;2*+1/p-1. The summed E-state index contributed by atoms with van der Waals surface area (Å²) in [7, 11) is 0. The van der Waals surface area contributed by atoms with Crippen LogP contribution in [0.1, 0.15) is 69.7 Å². The fourth-order valence-electron chi connectivity index (χ4n) is 2.53. The van der Waals surface area contributed by atoms with Gasteiger partial charge in [0.2, 0.25) is 11.8 Å². The largest absolute Gasteiger partial charge is 1.00 e. The van der Waals surface area contributed by atoms with Crippen molar-refractivity contribution >= 4 is 23.8 Å². The Morgan fingerprint density at radius 2 is 1.14 bits per heavy atom. The van der Waals surface area contributed by atoms with Gasteiger partial charge in [-0.3, -0.25) is 14.4 Å². The number of ether oxygens (including phenoxy) is 3. The van der Waals surface area contributed by atoms with E-state index in [1.807, 2.05) is 6.92 Å². The molecule has 0 bridgehead atoms. The second kappa shape index (κ2) is 28.8. The van der Waals surface area contributed by atoms with Gasteiger partial charge in [0.25, 0.3) is 0 Å². The molecule has 0 aliphatic carbocycles. The van der Waals surface area contributed by atoms with Crippen molar-refractivity contribution in [1.82, 2.24) is 10.6 Å². The molecule has 13 heteroatoms. The van der Waals surface area contributed by atoms with E-state index in [1.165, 1.54) is 6.92 Å². The average Bonchev–Trinajstić information content (AvgIpc) is 2.67. The second-order valence-electron chi connectivity index (χ2n) is 8.09. The van der Waals surface area contributed by atoms with Crippen molar-refractivity contribution in [3.05, 3.63) is 0 Å². The molecule has 0 aliphatic rings. The Balaban J connectivity index is -0.000000480. The van der Waals surface area contributed by atoms with Crippen LogP contribution in [0.3, 0.4) is 0 Å². The van der Waals surface area contributed by atoms with Gasteiger partial charge in [0.05, 0.1) is 45.6 Å². The number of aliphatic carboxylic acids is 2. The maximum absolute atomic E-state index is 11.8. The Bertz CT molecular complexity index is 613. The van der Waals surface area contributed by atoms with Crippen LogP contribution in [0.4, 0.5) is 0 Å². The van der Waals surface area contributed by atoms with Gasteiger partial charge < -0.3 is 39.9 Å². The summed E-state index contributed by atoms with van der Waals surface area (Å²) >= 11 is 0. The van der Waals surface area contributed by atoms with Crippen LogP contribution in [0, 0.1) is 11.8 Å². The van der Waals surface area contributed by atoms with E-state index in [9.17, 15) is 24.3 Å². The topological polar surface area (TPSA) is 163 Å². The third-order valence-electron chi connectivity index (χ3n) is 4.35. The van der Waals surface area contributed by atoms with Crippen LogP contribution in [0.2, 0.25) is 0 Å². The van der Waals surface area contributed by atoms with Crippen LogP contribution >= 0.6 is 0 Å². The summed E-state index contributed by atoms with van der Waals surface area (Å²) in [6.45, 7) is 9.92. The van der Waals surface area contributed by atoms with Gasteiger partial charge in [-0.25, -0.2) is 0 Å². The van der Waals surface area contributed by atoms with E-state index in [1.54, 1.807) is 20.8 Å². The van der Waals surface area contributed by atoms with Crippen LogP contribution in [0.15, 0.2) is 0 Å². The number of carboxylic acid groups (broad SMARTS) is 2. The molecule has 5 unspecified atom stereocenters. The Labute approximate surface area is 268 Å². The Morgan fingerprint density at radius 3 is 1.57 bits per heavy atom. The normalized spacial score (nSPS) is 13.6. The molecule has 0 saturated heterocycles. The van der Waals surface area contributed by atoms with Gasteiger partial charge in [-0.1, -0.05) is 36.1 Å². The van der Waals surface area contributed by atoms with Crippen LogP contribution in [0.25, 0.3) is 0 Å². The van der Waals surface area contributed by atoms with Crippen molar-refractivity contribution in [1.29, 1.82) is 0 Å². The number of hydrogen-bond acceptors (Lipinski definition) is 8. The first kappa shape index (κ1) is 49.7. The molecule has 0 aliphatic heterocycles. The molecule has 2 amide bonds. The molecule has 0 aromatic heterocycles. The molecular weight excluding hydrogens is 506 g/mol. The fourth-order valence-corrected chi connectivity index (χ4v) is 2.53. The van der Waals surface area contributed by atoms with Crippen LogP contribution in [-0.4, -0.2) is 80.1 Å². The summed E-state index contributed by atoms with van der Waals surface area (Å²) in [5.41, 5.74) is 0. The van der Waals surface area contributed by atoms with Gasteiger partial charge in [-0.15, -0.1) is 0 Å². The van der Waals surface area contributed by atoms with Crippen molar-refractivity contribution in [2.24, 2.45) is 11.8 Å². The minimum absolute atomic E-state index is 0. The van der Waals surface area contributed by atoms with E-state index in [4.69, 9.17) is 19.3 Å². The third kappa shape index (κ3) is 28.6. The number of rotatable bonds is 18. The molecule has 3 N–H and O–H groups in total. The summed E-state index contributed by atoms with van der Waals surface area (Å²) in [5.74, 6) is -4.27. The summed E-state index contributed by atoms with van der Waals surface area (Å²) in [6, 6.07) is -0.542. The first-order chi connectivity index (χ1) is 14.9. The van der Waals surface area contributed by atoms with Crippen molar-refractivity contribution < 1.29 is 103 Å².